The van der Waals surface area contributed by atoms with Gasteiger partial charge < -0.3 is 5.32 Å². The lowest BCUT2D eigenvalue weighted by atomic mass is 9.90. The van der Waals surface area contributed by atoms with Gasteiger partial charge in [0.05, 0.1) is 0 Å². The van der Waals surface area contributed by atoms with E-state index in [9.17, 15) is 9.18 Å². The van der Waals surface area contributed by atoms with Crippen LogP contribution in [0.4, 0.5) is 10.1 Å². The molecule has 3 rings (SSSR count). The van der Waals surface area contributed by atoms with Gasteiger partial charge in [-0.15, -0.1) is 0 Å². The van der Waals surface area contributed by atoms with Crippen LogP contribution in [0.2, 0.25) is 0 Å². The quantitative estimate of drug-likeness (QED) is 0.876. The zero-order valence-electron chi connectivity index (χ0n) is 12.1. The molecule has 0 bridgehead atoms. The van der Waals surface area contributed by atoms with Gasteiger partial charge in [0, 0.05) is 11.3 Å². The highest BCUT2D eigenvalue weighted by molar-refractivity contribution is 6.05. The van der Waals surface area contributed by atoms with Crippen LogP contribution in [0.3, 0.4) is 0 Å². The van der Waals surface area contributed by atoms with E-state index in [-0.39, 0.29) is 11.7 Å². The summed E-state index contributed by atoms with van der Waals surface area (Å²) >= 11 is 0. The third kappa shape index (κ3) is 2.82. The van der Waals surface area contributed by atoms with Gasteiger partial charge in [0.2, 0.25) is 0 Å². The van der Waals surface area contributed by atoms with Crippen molar-refractivity contribution >= 4 is 11.6 Å². The lowest BCUT2D eigenvalue weighted by Crippen LogP contribution is -2.16. The molecule has 1 N–H and O–H groups in total. The minimum Gasteiger partial charge on any atom is -0.322 e. The van der Waals surface area contributed by atoms with Gasteiger partial charge in [-0.05, 0) is 67.5 Å². The molecule has 3 heteroatoms. The first-order valence-corrected chi connectivity index (χ1v) is 7.33. The van der Waals surface area contributed by atoms with Crippen LogP contribution in [0.25, 0.3) is 0 Å². The standard InChI is InChI=1S/C18H18FNO/c1-12-9-10-14(19)11-16(12)18(21)20-17-8-4-6-13-5-2-3-7-15(13)17/h4,6,8-11H,2-3,5,7H2,1H3,(H,20,21). The van der Waals surface area contributed by atoms with Gasteiger partial charge in [-0.25, -0.2) is 4.39 Å². The van der Waals surface area contributed by atoms with E-state index in [1.807, 2.05) is 19.1 Å². The Balaban J connectivity index is 1.90. The van der Waals surface area contributed by atoms with Gasteiger partial charge >= 0.3 is 0 Å². The minimum atomic E-state index is -0.388. The zero-order chi connectivity index (χ0) is 14.8. The van der Waals surface area contributed by atoms with Crippen molar-refractivity contribution in [2.45, 2.75) is 32.6 Å². The van der Waals surface area contributed by atoms with Crippen molar-refractivity contribution < 1.29 is 9.18 Å². The van der Waals surface area contributed by atoms with Crippen molar-refractivity contribution in [1.82, 2.24) is 0 Å². The van der Waals surface area contributed by atoms with Crippen LogP contribution >= 0.6 is 0 Å². The molecule has 21 heavy (non-hydrogen) atoms. The highest BCUT2D eigenvalue weighted by Gasteiger charge is 2.16. The molecule has 1 amide bonds. The fourth-order valence-corrected chi connectivity index (χ4v) is 2.93. The molecule has 2 aromatic rings. The summed E-state index contributed by atoms with van der Waals surface area (Å²) in [6.07, 6.45) is 4.41. The number of anilines is 1. The molecule has 0 heterocycles. The molecule has 0 saturated carbocycles. The molecule has 0 atom stereocenters. The molecule has 0 saturated heterocycles. The second kappa shape index (κ2) is 5.68. The van der Waals surface area contributed by atoms with E-state index in [0.29, 0.717) is 5.56 Å². The Labute approximate surface area is 124 Å². The van der Waals surface area contributed by atoms with Crippen LogP contribution < -0.4 is 5.32 Å². The predicted octanol–water partition coefficient (Wildman–Crippen LogP) is 4.27. The number of benzene rings is 2. The number of fused-ring (bicyclic) bond motifs is 1. The number of rotatable bonds is 2. The number of carbonyl (C=O) groups is 1. The first-order valence-electron chi connectivity index (χ1n) is 7.33. The molecule has 0 aromatic heterocycles. The third-order valence-electron chi connectivity index (χ3n) is 4.09. The maximum atomic E-state index is 13.3. The largest absolute Gasteiger partial charge is 0.322 e. The lowest BCUT2D eigenvalue weighted by Gasteiger charge is -2.19. The fourth-order valence-electron chi connectivity index (χ4n) is 2.93. The third-order valence-corrected chi connectivity index (χ3v) is 4.09. The maximum absolute atomic E-state index is 13.3. The predicted molar refractivity (Wildman–Crippen MR) is 82.2 cm³/mol. The van der Waals surface area contributed by atoms with Crippen LogP contribution in [0, 0.1) is 12.7 Å². The topological polar surface area (TPSA) is 29.1 Å². The normalized spacial score (nSPS) is 13.6. The number of nitrogens with one attached hydrogen (secondary N) is 1. The van der Waals surface area contributed by atoms with E-state index in [2.05, 4.69) is 11.4 Å². The van der Waals surface area contributed by atoms with Gasteiger partial charge in [0.15, 0.2) is 0 Å². The molecule has 0 spiro atoms. The van der Waals surface area contributed by atoms with Gasteiger partial charge in [-0.2, -0.15) is 0 Å². The average Bonchev–Trinajstić information content (AvgIpc) is 2.50. The van der Waals surface area contributed by atoms with Crippen LogP contribution in [0.1, 0.15) is 39.9 Å². The Hall–Kier alpha value is -2.16. The zero-order valence-corrected chi connectivity index (χ0v) is 12.1. The number of hydrogen-bond acceptors (Lipinski definition) is 1. The molecular formula is C18H18FNO. The highest BCUT2D eigenvalue weighted by atomic mass is 19.1. The number of hydrogen-bond donors (Lipinski definition) is 1. The van der Waals surface area contributed by atoms with Gasteiger partial charge in [0.1, 0.15) is 5.82 Å². The first-order chi connectivity index (χ1) is 10.1. The molecule has 0 aliphatic heterocycles. The molecule has 1 aliphatic rings. The average molecular weight is 283 g/mol. The van der Waals surface area contributed by atoms with Crippen LogP contribution in [0.5, 0.6) is 0 Å². The lowest BCUT2D eigenvalue weighted by molar-refractivity contribution is 0.102. The maximum Gasteiger partial charge on any atom is 0.256 e. The Morgan fingerprint density at radius 3 is 2.81 bits per heavy atom. The van der Waals surface area contributed by atoms with E-state index in [0.717, 1.165) is 30.5 Å². The Kier molecular flexibility index (Phi) is 3.74. The van der Waals surface area contributed by atoms with Crippen molar-refractivity contribution in [1.29, 1.82) is 0 Å². The second-order valence-electron chi connectivity index (χ2n) is 5.56. The van der Waals surface area contributed by atoms with Crippen molar-refractivity contribution in [3.05, 3.63) is 64.5 Å². The summed E-state index contributed by atoms with van der Waals surface area (Å²) < 4.78 is 13.3. The SMILES string of the molecule is Cc1ccc(F)cc1C(=O)Nc1cccc2c1CCCC2. The Bertz CT molecular complexity index is 694. The van der Waals surface area contributed by atoms with E-state index >= 15 is 0 Å². The summed E-state index contributed by atoms with van der Waals surface area (Å²) in [6, 6.07) is 10.3. The molecule has 2 aromatic carbocycles. The van der Waals surface area contributed by atoms with Crippen LogP contribution in [-0.4, -0.2) is 5.91 Å². The molecular weight excluding hydrogens is 265 g/mol. The van der Waals surface area contributed by atoms with Crippen LogP contribution in [-0.2, 0) is 12.8 Å². The van der Waals surface area contributed by atoms with E-state index < -0.39 is 0 Å². The molecule has 0 radical (unpaired) electrons. The fraction of sp³-hybridized carbons (Fsp3) is 0.278. The second-order valence-corrected chi connectivity index (χ2v) is 5.56. The van der Waals surface area contributed by atoms with Gasteiger partial charge in [-0.1, -0.05) is 18.2 Å². The molecule has 0 fully saturated rings. The van der Waals surface area contributed by atoms with E-state index in [1.54, 1.807) is 6.07 Å². The summed E-state index contributed by atoms with van der Waals surface area (Å²) in [5, 5.41) is 2.95. The molecule has 2 nitrogen and oxygen atoms in total. The highest BCUT2D eigenvalue weighted by Crippen LogP contribution is 2.28. The van der Waals surface area contributed by atoms with E-state index in [1.165, 1.54) is 29.7 Å². The molecule has 0 unspecified atom stereocenters. The van der Waals surface area contributed by atoms with E-state index in [4.69, 9.17) is 0 Å². The number of amides is 1. The molecule has 1 aliphatic carbocycles. The number of carbonyl (C=O) groups excluding carboxylic acids is 1. The Morgan fingerprint density at radius 1 is 1.14 bits per heavy atom. The van der Waals surface area contributed by atoms with Crippen LogP contribution in [0.15, 0.2) is 36.4 Å². The number of aryl methyl sites for hydroxylation is 2. The summed E-state index contributed by atoms with van der Waals surface area (Å²) in [5.74, 6) is -0.633. The van der Waals surface area contributed by atoms with Crippen molar-refractivity contribution in [3.63, 3.8) is 0 Å². The summed E-state index contributed by atoms with van der Waals surface area (Å²) in [6.45, 7) is 1.81. The minimum absolute atomic E-state index is 0.244. The summed E-state index contributed by atoms with van der Waals surface area (Å²) in [7, 11) is 0. The Morgan fingerprint density at radius 2 is 1.95 bits per heavy atom. The van der Waals surface area contributed by atoms with Crippen molar-refractivity contribution in [2.75, 3.05) is 5.32 Å². The number of halogens is 1. The van der Waals surface area contributed by atoms with Crippen molar-refractivity contribution in [3.8, 4) is 0 Å². The summed E-state index contributed by atoms with van der Waals surface area (Å²) in [4.78, 5) is 12.4. The smallest absolute Gasteiger partial charge is 0.256 e. The van der Waals surface area contributed by atoms with Gasteiger partial charge in [0.25, 0.3) is 5.91 Å². The molecule has 108 valence electrons. The van der Waals surface area contributed by atoms with Gasteiger partial charge in [-0.3, -0.25) is 4.79 Å². The van der Waals surface area contributed by atoms with Crippen molar-refractivity contribution in [2.24, 2.45) is 0 Å². The summed E-state index contributed by atoms with van der Waals surface area (Å²) in [5.41, 5.74) is 4.57. The monoisotopic (exact) mass is 283 g/mol. The first kappa shape index (κ1) is 13.8.